The van der Waals surface area contributed by atoms with Crippen molar-refractivity contribution in [1.29, 1.82) is 0 Å². The van der Waals surface area contributed by atoms with Crippen molar-refractivity contribution in [2.45, 2.75) is 19.5 Å². The number of nitrogens with zero attached hydrogens (tertiary/aromatic N) is 4. The lowest BCUT2D eigenvalue weighted by atomic mass is 10.2. The van der Waals surface area contributed by atoms with E-state index in [0.717, 1.165) is 48.6 Å². The Hall–Kier alpha value is -2.69. The first-order valence-electron chi connectivity index (χ1n) is 9.46. The fourth-order valence-electron chi connectivity index (χ4n) is 3.39. The zero-order valence-electron chi connectivity index (χ0n) is 15.9. The molecule has 0 N–H and O–H groups in total. The lowest BCUT2D eigenvalue weighted by Gasteiger charge is -2.17. The van der Waals surface area contributed by atoms with Crippen molar-refractivity contribution in [3.8, 4) is 0 Å². The number of rotatable bonds is 7. The molecule has 0 fully saturated rings. The minimum absolute atomic E-state index is 0.715. The fraction of sp³-hybridized carbons (Fsp3) is 0.217. The molecule has 5 heteroatoms. The molecule has 0 saturated heterocycles. The molecule has 0 aliphatic heterocycles. The van der Waals surface area contributed by atoms with Gasteiger partial charge in [-0.15, -0.1) is 0 Å². The number of likely N-dealkylation sites (N-methyl/N-ethyl adjacent to an activating group) is 1. The third kappa shape index (κ3) is 4.41. The van der Waals surface area contributed by atoms with E-state index in [1.54, 1.807) is 0 Å². The zero-order chi connectivity index (χ0) is 19.3. The third-order valence-electron chi connectivity index (χ3n) is 4.86. The Labute approximate surface area is 170 Å². The monoisotopic (exact) mass is 390 g/mol. The van der Waals surface area contributed by atoms with Crippen LogP contribution in [0.1, 0.15) is 17.1 Å². The van der Waals surface area contributed by atoms with Gasteiger partial charge >= 0.3 is 0 Å². The van der Waals surface area contributed by atoms with Crippen LogP contribution in [0.5, 0.6) is 0 Å². The maximum absolute atomic E-state index is 6.20. The normalized spacial score (nSPS) is 11.4. The SMILES string of the molecule is CN(CCc1ccccn1)Cc1nc2cc(Cl)ccc2n1Cc1ccccc1. The van der Waals surface area contributed by atoms with Crippen molar-refractivity contribution in [2.24, 2.45) is 0 Å². The number of hydrogen-bond donors (Lipinski definition) is 0. The summed E-state index contributed by atoms with van der Waals surface area (Å²) in [5.41, 5.74) is 4.42. The van der Waals surface area contributed by atoms with Gasteiger partial charge < -0.3 is 4.57 Å². The maximum Gasteiger partial charge on any atom is 0.124 e. The molecule has 0 spiro atoms. The van der Waals surface area contributed by atoms with Gasteiger partial charge in [0, 0.05) is 36.4 Å². The summed E-state index contributed by atoms with van der Waals surface area (Å²) in [5, 5.41) is 0.715. The summed E-state index contributed by atoms with van der Waals surface area (Å²) in [6.07, 6.45) is 2.76. The van der Waals surface area contributed by atoms with Crippen molar-refractivity contribution in [3.63, 3.8) is 0 Å². The van der Waals surface area contributed by atoms with Gasteiger partial charge in [0.1, 0.15) is 5.82 Å². The second-order valence-corrected chi connectivity index (χ2v) is 7.48. The summed E-state index contributed by atoms with van der Waals surface area (Å²) >= 11 is 6.20. The first kappa shape index (κ1) is 18.7. The van der Waals surface area contributed by atoms with Crippen LogP contribution in [0, 0.1) is 0 Å². The molecule has 0 bridgehead atoms. The number of imidazole rings is 1. The lowest BCUT2D eigenvalue weighted by Crippen LogP contribution is -2.23. The quantitative estimate of drug-likeness (QED) is 0.454. The first-order chi connectivity index (χ1) is 13.7. The maximum atomic E-state index is 6.20. The predicted molar refractivity (Wildman–Crippen MR) is 115 cm³/mol. The highest BCUT2D eigenvalue weighted by molar-refractivity contribution is 6.31. The smallest absolute Gasteiger partial charge is 0.124 e. The van der Waals surface area contributed by atoms with Crippen LogP contribution >= 0.6 is 11.6 Å². The third-order valence-corrected chi connectivity index (χ3v) is 5.10. The van der Waals surface area contributed by atoms with Crippen molar-refractivity contribution in [2.75, 3.05) is 13.6 Å². The number of halogens is 1. The Bertz CT molecular complexity index is 1040. The van der Waals surface area contributed by atoms with Gasteiger partial charge in [0.2, 0.25) is 0 Å². The summed E-state index contributed by atoms with van der Waals surface area (Å²) in [7, 11) is 2.13. The van der Waals surface area contributed by atoms with E-state index in [2.05, 4.69) is 57.9 Å². The number of benzene rings is 2. The Balaban J connectivity index is 1.57. The number of fused-ring (bicyclic) bond motifs is 1. The Morgan fingerprint density at radius 1 is 1.00 bits per heavy atom. The second-order valence-electron chi connectivity index (χ2n) is 7.04. The molecule has 28 heavy (non-hydrogen) atoms. The van der Waals surface area contributed by atoms with Gasteiger partial charge in [0.05, 0.1) is 17.6 Å². The molecule has 2 aromatic heterocycles. The van der Waals surface area contributed by atoms with Crippen LogP contribution in [0.2, 0.25) is 5.02 Å². The Morgan fingerprint density at radius 3 is 2.61 bits per heavy atom. The van der Waals surface area contributed by atoms with E-state index < -0.39 is 0 Å². The topological polar surface area (TPSA) is 34.0 Å². The van der Waals surface area contributed by atoms with Crippen LogP contribution in [0.4, 0.5) is 0 Å². The van der Waals surface area contributed by atoms with Gasteiger partial charge in [-0.05, 0) is 42.9 Å². The number of aromatic nitrogens is 3. The average Bonchev–Trinajstić information content (AvgIpc) is 3.04. The molecular formula is C23H23ClN4. The standard InChI is InChI=1S/C23H23ClN4/c1-27(14-12-20-9-5-6-13-25-20)17-23-26-21-15-19(24)10-11-22(21)28(23)16-18-7-3-2-4-8-18/h2-11,13,15H,12,14,16-17H2,1H3. The molecule has 0 radical (unpaired) electrons. The van der Waals surface area contributed by atoms with Crippen molar-refractivity contribution >= 4 is 22.6 Å². The van der Waals surface area contributed by atoms with Gasteiger partial charge in [-0.2, -0.15) is 0 Å². The van der Waals surface area contributed by atoms with Gasteiger partial charge in [-0.1, -0.05) is 48.0 Å². The summed E-state index contributed by atoms with van der Waals surface area (Å²) in [5.74, 6) is 1.05. The number of hydrogen-bond acceptors (Lipinski definition) is 3. The molecule has 0 amide bonds. The molecule has 4 nitrogen and oxygen atoms in total. The van der Waals surface area contributed by atoms with Gasteiger partial charge in [0.15, 0.2) is 0 Å². The van der Waals surface area contributed by atoms with E-state index in [1.807, 2.05) is 36.5 Å². The zero-order valence-corrected chi connectivity index (χ0v) is 16.7. The molecule has 0 atom stereocenters. The predicted octanol–water partition coefficient (Wildman–Crippen LogP) is 4.81. The average molecular weight is 391 g/mol. The minimum Gasteiger partial charge on any atom is -0.322 e. The van der Waals surface area contributed by atoms with Crippen molar-refractivity contribution in [3.05, 3.63) is 95.0 Å². The minimum atomic E-state index is 0.715. The molecular weight excluding hydrogens is 368 g/mol. The van der Waals surface area contributed by atoms with Crippen LogP contribution < -0.4 is 0 Å². The summed E-state index contributed by atoms with van der Waals surface area (Å²) in [4.78, 5) is 11.6. The van der Waals surface area contributed by atoms with Crippen molar-refractivity contribution in [1.82, 2.24) is 19.4 Å². The van der Waals surface area contributed by atoms with Crippen LogP contribution in [0.25, 0.3) is 11.0 Å². The molecule has 2 aromatic carbocycles. The van der Waals surface area contributed by atoms with E-state index in [-0.39, 0.29) is 0 Å². The van der Waals surface area contributed by atoms with Crippen LogP contribution in [-0.2, 0) is 19.5 Å². The molecule has 0 saturated carbocycles. The molecule has 0 unspecified atom stereocenters. The number of pyridine rings is 1. The highest BCUT2D eigenvalue weighted by Gasteiger charge is 2.13. The highest BCUT2D eigenvalue weighted by atomic mass is 35.5. The largest absolute Gasteiger partial charge is 0.322 e. The summed E-state index contributed by atoms with van der Waals surface area (Å²) in [6.45, 7) is 2.49. The second kappa shape index (κ2) is 8.55. The molecule has 0 aliphatic rings. The van der Waals surface area contributed by atoms with E-state index in [9.17, 15) is 0 Å². The van der Waals surface area contributed by atoms with Crippen LogP contribution in [0.15, 0.2) is 72.9 Å². The van der Waals surface area contributed by atoms with E-state index >= 15 is 0 Å². The van der Waals surface area contributed by atoms with Crippen LogP contribution in [-0.4, -0.2) is 33.0 Å². The Morgan fingerprint density at radius 2 is 1.82 bits per heavy atom. The van der Waals surface area contributed by atoms with E-state index in [4.69, 9.17) is 16.6 Å². The molecule has 142 valence electrons. The van der Waals surface area contributed by atoms with E-state index in [1.165, 1.54) is 5.56 Å². The fourth-order valence-corrected chi connectivity index (χ4v) is 3.55. The van der Waals surface area contributed by atoms with Gasteiger partial charge in [-0.3, -0.25) is 9.88 Å². The molecule has 4 aromatic rings. The van der Waals surface area contributed by atoms with Gasteiger partial charge in [-0.25, -0.2) is 4.98 Å². The molecule has 0 aliphatic carbocycles. The molecule has 2 heterocycles. The van der Waals surface area contributed by atoms with E-state index in [0.29, 0.717) is 5.02 Å². The molecule has 4 rings (SSSR count). The lowest BCUT2D eigenvalue weighted by molar-refractivity contribution is 0.317. The van der Waals surface area contributed by atoms with Crippen molar-refractivity contribution < 1.29 is 0 Å². The summed E-state index contributed by atoms with van der Waals surface area (Å²) in [6, 6.07) is 22.5. The Kier molecular flexibility index (Phi) is 5.70. The van der Waals surface area contributed by atoms with Crippen LogP contribution in [0.3, 0.4) is 0 Å². The van der Waals surface area contributed by atoms with Gasteiger partial charge in [0.25, 0.3) is 0 Å². The summed E-state index contributed by atoms with van der Waals surface area (Å²) < 4.78 is 2.29. The first-order valence-corrected chi connectivity index (χ1v) is 9.84. The highest BCUT2D eigenvalue weighted by Crippen LogP contribution is 2.22.